The number of carbonyl (C=O) groups is 1. The van der Waals surface area contributed by atoms with Crippen molar-refractivity contribution in [1.82, 2.24) is 10.3 Å². The Morgan fingerprint density at radius 3 is 3.21 bits per heavy atom. The normalized spacial score (nSPS) is 18.6. The fraction of sp³-hybridized carbons (Fsp3) is 0.571. The Labute approximate surface area is 114 Å². The highest BCUT2D eigenvalue weighted by Crippen LogP contribution is 2.25. The second kappa shape index (κ2) is 6.52. The van der Waals surface area contributed by atoms with Gasteiger partial charge in [-0.15, -0.1) is 0 Å². The average molecular weight is 262 g/mol. The summed E-state index contributed by atoms with van der Waals surface area (Å²) in [6, 6.07) is 3.84. The lowest BCUT2D eigenvalue weighted by atomic mass is 10.1. The quantitative estimate of drug-likeness (QED) is 0.830. The number of amides is 1. The average Bonchev–Trinajstić information content (AvgIpc) is 2.88. The molecular weight excluding hydrogens is 240 g/mol. The van der Waals surface area contributed by atoms with Crippen LogP contribution in [0.15, 0.2) is 18.3 Å². The number of rotatable bonds is 5. The first-order chi connectivity index (χ1) is 9.24. The third-order valence-electron chi connectivity index (χ3n) is 3.54. The van der Waals surface area contributed by atoms with Gasteiger partial charge in [-0.2, -0.15) is 0 Å². The van der Waals surface area contributed by atoms with E-state index in [-0.39, 0.29) is 5.91 Å². The van der Waals surface area contributed by atoms with Crippen molar-refractivity contribution in [2.45, 2.75) is 19.8 Å². The van der Waals surface area contributed by atoms with Crippen molar-refractivity contribution >= 4 is 11.6 Å². The SMILES string of the molecule is CCNC(=O)c1cc(N2CCC(CCN)C2)ccn1. The molecule has 19 heavy (non-hydrogen) atoms. The Hall–Kier alpha value is -1.62. The zero-order valence-corrected chi connectivity index (χ0v) is 11.4. The minimum Gasteiger partial charge on any atom is -0.371 e. The molecule has 1 aromatic rings. The number of pyridine rings is 1. The summed E-state index contributed by atoms with van der Waals surface area (Å²) in [5.74, 6) is 0.563. The standard InChI is InChI=1S/C14H22N4O/c1-2-16-14(19)13-9-12(4-7-17-13)18-8-5-11(10-18)3-6-15/h4,7,9,11H,2-3,5-6,8,10,15H2,1H3,(H,16,19). The molecule has 2 rings (SSSR count). The molecule has 1 unspecified atom stereocenters. The summed E-state index contributed by atoms with van der Waals surface area (Å²) >= 11 is 0. The van der Waals surface area contributed by atoms with E-state index in [1.165, 1.54) is 6.42 Å². The number of hydrogen-bond acceptors (Lipinski definition) is 4. The van der Waals surface area contributed by atoms with E-state index < -0.39 is 0 Å². The van der Waals surface area contributed by atoms with Crippen molar-refractivity contribution < 1.29 is 4.79 Å². The van der Waals surface area contributed by atoms with Crippen molar-refractivity contribution in [2.75, 3.05) is 31.1 Å². The van der Waals surface area contributed by atoms with Crippen LogP contribution in [0.2, 0.25) is 0 Å². The molecule has 1 atom stereocenters. The van der Waals surface area contributed by atoms with Crippen LogP contribution in [-0.2, 0) is 0 Å². The van der Waals surface area contributed by atoms with Gasteiger partial charge in [-0.25, -0.2) is 0 Å². The molecule has 0 aliphatic carbocycles. The van der Waals surface area contributed by atoms with E-state index in [9.17, 15) is 4.79 Å². The first-order valence-corrected chi connectivity index (χ1v) is 6.94. The van der Waals surface area contributed by atoms with Crippen LogP contribution < -0.4 is 16.0 Å². The minimum absolute atomic E-state index is 0.109. The summed E-state index contributed by atoms with van der Waals surface area (Å²) in [6.07, 6.45) is 3.96. The molecule has 1 aliphatic heterocycles. The molecule has 1 aliphatic rings. The highest BCUT2D eigenvalue weighted by Gasteiger charge is 2.22. The van der Waals surface area contributed by atoms with Gasteiger partial charge in [-0.1, -0.05) is 0 Å². The summed E-state index contributed by atoms with van der Waals surface area (Å²) in [6.45, 7) is 5.32. The zero-order valence-electron chi connectivity index (χ0n) is 11.4. The molecule has 5 heteroatoms. The highest BCUT2D eigenvalue weighted by molar-refractivity contribution is 5.93. The number of aromatic nitrogens is 1. The Morgan fingerprint density at radius 1 is 1.63 bits per heavy atom. The monoisotopic (exact) mass is 262 g/mol. The van der Waals surface area contributed by atoms with Crippen LogP contribution in [0, 0.1) is 5.92 Å². The molecule has 1 saturated heterocycles. The molecule has 5 nitrogen and oxygen atoms in total. The second-order valence-corrected chi connectivity index (χ2v) is 4.94. The summed E-state index contributed by atoms with van der Waals surface area (Å²) in [5, 5.41) is 2.77. The van der Waals surface area contributed by atoms with Crippen molar-refractivity contribution in [3.63, 3.8) is 0 Å². The predicted molar refractivity (Wildman–Crippen MR) is 76.2 cm³/mol. The topological polar surface area (TPSA) is 71.2 Å². The zero-order chi connectivity index (χ0) is 13.7. The van der Waals surface area contributed by atoms with Crippen LogP contribution >= 0.6 is 0 Å². The first kappa shape index (κ1) is 13.8. The largest absolute Gasteiger partial charge is 0.371 e. The molecule has 1 amide bonds. The maximum atomic E-state index is 11.8. The summed E-state index contributed by atoms with van der Waals surface area (Å²) in [4.78, 5) is 18.2. The Balaban J connectivity index is 2.05. The van der Waals surface area contributed by atoms with E-state index in [4.69, 9.17) is 5.73 Å². The van der Waals surface area contributed by atoms with Crippen LogP contribution in [0.5, 0.6) is 0 Å². The highest BCUT2D eigenvalue weighted by atomic mass is 16.1. The van der Waals surface area contributed by atoms with Gasteiger partial charge >= 0.3 is 0 Å². The maximum absolute atomic E-state index is 11.8. The second-order valence-electron chi connectivity index (χ2n) is 4.94. The molecule has 0 aromatic carbocycles. The molecular formula is C14H22N4O. The number of nitrogens with one attached hydrogen (secondary N) is 1. The van der Waals surface area contributed by atoms with Crippen molar-refractivity contribution in [3.8, 4) is 0 Å². The minimum atomic E-state index is -0.109. The van der Waals surface area contributed by atoms with Gasteiger partial charge in [0.25, 0.3) is 5.91 Å². The molecule has 0 saturated carbocycles. The van der Waals surface area contributed by atoms with Crippen molar-refractivity contribution in [1.29, 1.82) is 0 Å². The molecule has 1 fully saturated rings. The van der Waals surface area contributed by atoms with Gasteiger partial charge in [0.1, 0.15) is 5.69 Å². The summed E-state index contributed by atoms with van der Waals surface area (Å²) < 4.78 is 0. The van der Waals surface area contributed by atoms with Crippen molar-refractivity contribution in [2.24, 2.45) is 11.7 Å². The van der Waals surface area contributed by atoms with Gasteiger partial charge in [-0.3, -0.25) is 9.78 Å². The van der Waals surface area contributed by atoms with Crippen LogP contribution in [0.1, 0.15) is 30.3 Å². The van der Waals surface area contributed by atoms with Gasteiger partial charge in [0.15, 0.2) is 0 Å². The van der Waals surface area contributed by atoms with Gasteiger partial charge in [0.05, 0.1) is 0 Å². The van der Waals surface area contributed by atoms with E-state index in [2.05, 4.69) is 15.2 Å². The number of nitrogens with two attached hydrogens (primary N) is 1. The number of carbonyl (C=O) groups excluding carboxylic acids is 1. The van der Waals surface area contributed by atoms with E-state index in [1.54, 1.807) is 6.20 Å². The lowest BCUT2D eigenvalue weighted by molar-refractivity contribution is 0.0951. The van der Waals surface area contributed by atoms with Crippen molar-refractivity contribution in [3.05, 3.63) is 24.0 Å². The lowest BCUT2D eigenvalue weighted by Crippen LogP contribution is -2.25. The Bertz CT molecular complexity index is 435. The summed E-state index contributed by atoms with van der Waals surface area (Å²) in [7, 11) is 0. The summed E-state index contributed by atoms with van der Waals surface area (Å²) in [5.41, 5.74) is 7.18. The van der Waals surface area contributed by atoms with Crippen LogP contribution in [0.4, 0.5) is 5.69 Å². The van der Waals surface area contributed by atoms with Crippen LogP contribution in [-0.4, -0.2) is 37.1 Å². The van der Waals surface area contributed by atoms with Crippen LogP contribution in [0.3, 0.4) is 0 Å². The molecule has 1 aromatic heterocycles. The van der Waals surface area contributed by atoms with Gasteiger partial charge in [0, 0.05) is 31.5 Å². The van der Waals surface area contributed by atoms with Gasteiger partial charge in [0.2, 0.25) is 0 Å². The number of hydrogen-bond donors (Lipinski definition) is 2. The first-order valence-electron chi connectivity index (χ1n) is 6.94. The van der Waals surface area contributed by atoms with E-state index >= 15 is 0 Å². The molecule has 2 heterocycles. The smallest absolute Gasteiger partial charge is 0.269 e. The Kier molecular flexibility index (Phi) is 4.74. The third-order valence-corrected chi connectivity index (χ3v) is 3.54. The molecule has 0 radical (unpaired) electrons. The number of nitrogens with zero attached hydrogens (tertiary/aromatic N) is 2. The molecule has 104 valence electrons. The van der Waals surface area contributed by atoms with Gasteiger partial charge in [-0.05, 0) is 44.4 Å². The third kappa shape index (κ3) is 3.44. The molecule has 0 bridgehead atoms. The molecule has 0 spiro atoms. The lowest BCUT2D eigenvalue weighted by Gasteiger charge is -2.19. The van der Waals surface area contributed by atoms with Gasteiger partial charge < -0.3 is 16.0 Å². The van der Waals surface area contributed by atoms with E-state index in [0.29, 0.717) is 18.2 Å². The van der Waals surface area contributed by atoms with E-state index in [1.807, 2.05) is 19.1 Å². The predicted octanol–water partition coefficient (Wildman–Crippen LogP) is 1.01. The number of anilines is 1. The Morgan fingerprint density at radius 2 is 2.47 bits per heavy atom. The van der Waals surface area contributed by atoms with Crippen LogP contribution in [0.25, 0.3) is 0 Å². The molecule has 3 N–H and O–H groups in total. The maximum Gasteiger partial charge on any atom is 0.269 e. The van der Waals surface area contributed by atoms with E-state index in [0.717, 1.165) is 31.7 Å². The fourth-order valence-electron chi connectivity index (χ4n) is 2.53. The fourth-order valence-corrected chi connectivity index (χ4v) is 2.53.